The van der Waals surface area contributed by atoms with Gasteiger partial charge in [0.15, 0.2) is 5.96 Å². The predicted molar refractivity (Wildman–Crippen MR) is 97.5 cm³/mol. The van der Waals surface area contributed by atoms with Crippen molar-refractivity contribution in [2.24, 2.45) is 10.7 Å². The molecule has 0 amide bonds. The van der Waals surface area contributed by atoms with Gasteiger partial charge in [-0.25, -0.2) is 9.97 Å². The Morgan fingerprint density at radius 1 is 1.04 bits per heavy atom. The Hall–Kier alpha value is -2.84. The third-order valence-corrected chi connectivity index (χ3v) is 4.47. The highest BCUT2D eigenvalue weighted by Crippen LogP contribution is 2.34. The summed E-state index contributed by atoms with van der Waals surface area (Å²) in [6.45, 7) is 1.93. The van der Waals surface area contributed by atoms with Gasteiger partial charge in [-0.05, 0) is 11.6 Å². The number of guanidine groups is 1. The van der Waals surface area contributed by atoms with Gasteiger partial charge in [0.05, 0.1) is 12.5 Å². The van der Waals surface area contributed by atoms with E-state index >= 15 is 0 Å². The highest BCUT2D eigenvalue weighted by Gasteiger charge is 2.40. The quantitative estimate of drug-likeness (QED) is 0.653. The molecular weight excluding hydrogens is 357 g/mol. The lowest BCUT2D eigenvalue weighted by Gasteiger charge is -2.35. The maximum Gasteiger partial charge on any atom is 0.397 e. The van der Waals surface area contributed by atoms with Crippen LogP contribution in [0.1, 0.15) is 11.5 Å². The van der Waals surface area contributed by atoms with Gasteiger partial charge in [-0.15, -0.1) is 0 Å². The first-order valence-corrected chi connectivity index (χ1v) is 8.63. The minimum atomic E-state index is -4.38. The van der Waals surface area contributed by atoms with Crippen LogP contribution in [0.25, 0.3) is 0 Å². The van der Waals surface area contributed by atoms with Crippen LogP contribution in [0.5, 0.6) is 0 Å². The molecule has 6 nitrogen and oxygen atoms in total. The summed E-state index contributed by atoms with van der Waals surface area (Å²) in [5, 5.41) is 0. The summed E-state index contributed by atoms with van der Waals surface area (Å²) in [7, 11) is 0. The Labute approximate surface area is 155 Å². The molecule has 1 aliphatic heterocycles. The molecule has 1 aliphatic rings. The molecule has 0 aliphatic carbocycles. The maximum absolute atomic E-state index is 13.4. The monoisotopic (exact) mass is 378 g/mol. The summed E-state index contributed by atoms with van der Waals surface area (Å²) in [5.74, 6) is -0.904. The summed E-state index contributed by atoms with van der Waals surface area (Å²) >= 11 is 0. The second-order valence-electron chi connectivity index (χ2n) is 6.23. The van der Waals surface area contributed by atoms with Gasteiger partial charge in [-0.2, -0.15) is 13.2 Å². The van der Waals surface area contributed by atoms with Gasteiger partial charge >= 0.3 is 6.18 Å². The van der Waals surface area contributed by atoms with E-state index in [1.165, 1.54) is 12.1 Å². The number of alkyl halides is 3. The lowest BCUT2D eigenvalue weighted by Crippen LogP contribution is -2.51. The van der Waals surface area contributed by atoms with E-state index in [0.717, 1.165) is 0 Å². The van der Waals surface area contributed by atoms with Gasteiger partial charge in [-0.3, -0.25) is 4.99 Å². The zero-order valence-electron chi connectivity index (χ0n) is 14.7. The van der Waals surface area contributed by atoms with Crippen LogP contribution in [0.2, 0.25) is 0 Å². The van der Waals surface area contributed by atoms with Gasteiger partial charge in [-0.1, -0.05) is 30.3 Å². The molecule has 2 heterocycles. The summed E-state index contributed by atoms with van der Waals surface area (Å²) in [6.07, 6.45) is -1.04. The molecule has 0 saturated carbocycles. The number of aromatic nitrogens is 2. The van der Waals surface area contributed by atoms with Crippen molar-refractivity contribution < 1.29 is 13.2 Å². The number of hydrogen-bond donors (Lipinski definition) is 1. The highest BCUT2D eigenvalue weighted by atomic mass is 19.4. The Morgan fingerprint density at radius 3 is 2.26 bits per heavy atom. The number of hydrogen-bond acceptors (Lipinski definition) is 4. The molecule has 2 N–H and O–H groups in total. The Kier molecular flexibility index (Phi) is 5.78. The first-order chi connectivity index (χ1) is 12.9. The van der Waals surface area contributed by atoms with E-state index in [4.69, 9.17) is 5.73 Å². The van der Waals surface area contributed by atoms with Crippen LogP contribution in [-0.4, -0.2) is 59.7 Å². The zero-order valence-corrected chi connectivity index (χ0v) is 14.7. The molecule has 0 radical (unpaired) electrons. The minimum Gasteiger partial charge on any atom is -0.370 e. The molecule has 0 spiro atoms. The minimum absolute atomic E-state index is 0.133. The van der Waals surface area contributed by atoms with E-state index in [-0.39, 0.29) is 11.5 Å². The topological polar surface area (TPSA) is 70.6 Å². The standard InChI is InChI=1S/C18H21F3N6/c19-18(20,21)15(14-5-2-1-3-6-14)13-25-16(22)26-9-11-27(12-10-26)17-23-7-4-8-24-17/h1-8,15H,9-13H2,(H2,22,25). The van der Waals surface area contributed by atoms with E-state index in [2.05, 4.69) is 15.0 Å². The Balaban J connectivity index is 1.62. The number of piperazine rings is 1. The van der Waals surface area contributed by atoms with E-state index in [1.807, 2.05) is 4.90 Å². The summed E-state index contributed by atoms with van der Waals surface area (Å²) < 4.78 is 40.2. The number of nitrogens with zero attached hydrogens (tertiary/aromatic N) is 5. The maximum atomic E-state index is 13.4. The van der Waals surface area contributed by atoms with Crippen molar-refractivity contribution in [3.8, 4) is 0 Å². The largest absolute Gasteiger partial charge is 0.397 e. The third kappa shape index (κ3) is 4.87. The first kappa shape index (κ1) is 18.9. The third-order valence-electron chi connectivity index (χ3n) is 4.47. The molecule has 27 heavy (non-hydrogen) atoms. The number of halogens is 3. The first-order valence-electron chi connectivity index (χ1n) is 8.63. The van der Waals surface area contributed by atoms with Crippen LogP contribution in [0.3, 0.4) is 0 Å². The van der Waals surface area contributed by atoms with Crippen molar-refractivity contribution in [3.05, 3.63) is 54.4 Å². The lowest BCUT2D eigenvalue weighted by atomic mass is 9.99. The van der Waals surface area contributed by atoms with Crippen molar-refractivity contribution in [1.82, 2.24) is 14.9 Å². The SMILES string of the molecule is NC(=NCC(c1ccccc1)C(F)(F)F)N1CCN(c2ncccn2)CC1. The van der Waals surface area contributed by atoms with Crippen molar-refractivity contribution in [3.63, 3.8) is 0 Å². The Bertz CT molecular complexity index is 743. The van der Waals surface area contributed by atoms with E-state index in [1.54, 1.807) is 41.6 Å². The van der Waals surface area contributed by atoms with E-state index in [9.17, 15) is 13.2 Å². The molecular formula is C18H21F3N6. The molecule has 1 unspecified atom stereocenters. The number of aliphatic imine (C=N–C) groups is 1. The molecule has 0 bridgehead atoms. The average Bonchev–Trinajstić information content (AvgIpc) is 2.68. The summed E-state index contributed by atoms with van der Waals surface area (Å²) in [6, 6.07) is 9.53. The zero-order chi connectivity index (χ0) is 19.3. The second kappa shape index (κ2) is 8.24. The molecule has 2 aromatic rings. The molecule has 1 aromatic carbocycles. The average molecular weight is 378 g/mol. The predicted octanol–water partition coefficient (Wildman–Crippen LogP) is 2.26. The van der Waals surface area contributed by atoms with Gasteiger partial charge in [0, 0.05) is 38.6 Å². The lowest BCUT2D eigenvalue weighted by molar-refractivity contribution is -0.148. The Morgan fingerprint density at radius 2 is 1.67 bits per heavy atom. The van der Waals surface area contributed by atoms with Crippen molar-refractivity contribution >= 4 is 11.9 Å². The number of nitrogens with two attached hydrogens (primary N) is 1. The van der Waals surface area contributed by atoms with Crippen molar-refractivity contribution in [1.29, 1.82) is 0 Å². The number of anilines is 1. The van der Waals surface area contributed by atoms with E-state index in [0.29, 0.717) is 32.1 Å². The van der Waals surface area contributed by atoms with Gasteiger partial charge in [0.25, 0.3) is 0 Å². The van der Waals surface area contributed by atoms with Crippen molar-refractivity contribution in [2.75, 3.05) is 37.6 Å². The van der Waals surface area contributed by atoms with Crippen LogP contribution in [0, 0.1) is 0 Å². The fourth-order valence-corrected chi connectivity index (χ4v) is 2.96. The molecule has 144 valence electrons. The van der Waals surface area contributed by atoms with Crippen LogP contribution in [0.15, 0.2) is 53.8 Å². The second-order valence-corrected chi connectivity index (χ2v) is 6.23. The van der Waals surface area contributed by atoms with Crippen LogP contribution in [0.4, 0.5) is 19.1 Å². The fraction of sp³-hybridized carbons (Fsp3) is 0.389. The van der Waals surface area contributed by atoms with Gasteiger partial charge < -0.3 is 15.5 Å². The molecule has 1 aromatic heterocycles. The highest BCUT2D eigenvalue weighted by molar-refractivity contribution is 5.78. The molecule has 1 fully saturated rings. The van der Waals surface area contributed by atoms with Crippen molar-refractivity contribution in [2.45, 2.75) is 12.1 Å². The molecule has 9 heteroatoms. The summed E-state index contributed by atoms with van der Waals surface area (Å²) in [5.41, 5.74) is 6.15. The number of benzene rings is 1. The molecule has 1 atom stereocenters. The van der Waals surface area contributed by atoms with Crippen LogP contribution < -0.4 is 10.6 Å². The molecule has 3 rings (SSSR count). The van der Waals surface area contributed by atoms with Crippen LogP contribution in [-0.2, 0) is 0 Å². The normalized spacial score (nSPS) is 17.1. The van der Waals surface area contributed by atoms with Gasteiger partial charge in [0.1, 0.15) is 0 Å². The summed E-state index contributed by atoms with van der Waals surface area (Å²) in [4.78, 5) is 16.2. The molecule has 1 saturated heterocycles. The number of rotatable bonds is 4. The smallest absolute Gasteiger partial charge is 0.370 e. The fourth-order valence-electron chi connectivity index (χ4n) is 2.96. The van der Waals surface area contributed by atoms with E-state index < -0.39 is 18.6 Å². The van der Waals surface area contributed by atoms with Gasteiger partial charge in [0.2, 0.25) is 5.95 Å². The van der Waals surface area contributed by atoms with Crippen LogP contribution >= 0.6 is 0 Å².